The van der Waals surface area contributed by atoms with Gasteiger partial charge in [0.05, 0.1) is 0 Å². The van der Waals surface area contributed by atoms with Gasteiger partial charge >= 0.3 is 0 Å². The van der Waals surface area contributed by atoms with Gasteiger partial charge in [0.25, 0.3) is 0 Å². The van der Waals surface area contributed by atoms with Crippen molar-refractivity contribution in [1.29, 1.82) is 0 Å². The van der Waals surface area contributed by atoms with Gasteiger partial charge < -0.3 is 5.32 Å². The van der Waals surface area contributed by atoms with Gasteiger partial charge in [-0.15, -0.1) is 11.3 Å². The highest BCUT2D eigenvalue weighted by molar-refractivity contribution is 7.09. The van der Waals surface area contributed by atoms with Gasteiger partial charge in [0.1, 0.15) is 5.82 Å². The number of hydrogen-bond acceptors (Lipinski definition) is 6. The van der Waals surface area contributed by atoms with E-state index in [1.807, 2.05) is 0 Å². The highest BCUT2D eigenvalue weighted by Gasteiger charge is 2.09. The normalized spacial score (nSPS) is 12.0. The second kappa shape index (κ2) is 8.57. The van der Waals surface area contributed by atoms with Crippen LogP contribution in [0.4, 0.5) is 11.9 Å². The molecule has 1 unspecified atom stereocenters. The Hall–Kier alpha value is -2.02. The number of amides is 1. The van der Waals surface area contributed by atoms with Crippen molar-refractivity contribution in [2.24, 2.45) is 0 Å². The molecule has 23 heavy (non-hydrogen) atoms. The SMILES string of the molecule is CCC(=O)Nc1nc(C)nc(NC(C)CCCc2cccs2)n1. The average Bonchev–Trinajstić information content (AvgIpc) is 2.99. The van der Waals surface area contributed by atoms with Gasteiger partial charge in [-0.05, 0) is 44.6 Å². The predicted octanol–water partition coefficient (Wildman–Crippen LogP) is 3.41. The van der Waals surface area contributed by atoms with Crippen LogP contribution in [-0.4, -0.2) is 26.9 Å². The van der Waals surface area contributed by atoms with Gasteiger partial charge in [-0.1, -0.05) is 13.0 Å². The highest BCUT2D eigenvalue weighted by atomic mass is 32.1. The summed E-state index contributed by atoms with van der Waals surface area (Å²) in [6.07, 6.45) is 3.63. The fraction of sp³-hybridized carbons (Fsp3) is 0.500. The second-order valence-corrected chi connectivity index (χ2v) is 6.48. The zero-order valence-electron chi connectivity index (χ0n) is 13.8. The zero-order valence-corrected chi connectivity index (χ0v) is 14.6. The van der Waals surface area contributed by atoms with Gasteiger partial charge in [0.15, 0.2) is 0 Å². The van der Waals surface area contributed by atoms with E-state index in [-0.39, 0.29) is 11.9 Å². The number of thiophene rings is 1. The highest BCUT2D eigenvalue weighted by Crippen LogP contribution is 2.14. The Bertz CT molecular complexity index is 629. The minimum absolute atomic E-state index is 0.106. The number of hydrogen-bond donors (Lipinski definition) is 2. The van der Waals surface area contributed by atoms with E-state index in [9.17, 15) is 4.79 Å². The largest absolute Gasteiger partial charge is 0.352 e. The second-order valence-electron chi connectivity index (χ2n) is 5.45. The van der Waals surface area contributed by atoms with Crippen LogP contribution in [0.15, 0.2) is 17.5 Å². The number of nitrogens with zero attached hydrogens (tertiary/aromatic N) is 3. The van der Waals surface area contributed by atoms with Gasteiger partial charge in [0.2, 0.25) is 17.8 Å². The molecular formula is C16H23N5OS. The molecular weight excluding hydrogens is 310 g/mol. The molecule has 7 heteroatoms. The summed E-state index contributed by atoms with van der Waals surface area (Å²) in [6.45, 7) is 5.69. The Balaban J connectivity index is 1.86. The van der Waals surface area contributed by atoms with E-state index in [1.165, 1.54) is 4.88 Å². The summed E-state index contributed by atoms with van der Waals surface area (Å²) >= 11 is 1.80. The summed E-state index contributed by atoms with van der Waals surface area (Å²) in [6, 6.07) is 4.51. The molecule has 6 nitrogen and oxygen atoms in total. The van der Waals surface area contributed by atoms with Gasteiger partial charge in [0, 0.05) is 17.3 Å². The van der Waals surface area contributed by atoms with Crippen molar-refractivity contribution in [3.8, 4) is 0 Å². The summed E-state index contributed by atoms with van der Waals surface area (Å²) in [5, 5.41) is 8.06. The monoisotopic (exact) mass is 333 g/mol. The van der Waals surface area contributed by atoms with Crippen LogP contribution in [0.2, 0.25) is 0 Å². The van der Waals surface area contributed by atoms with E-state index in [0.717, 1.165) is 19.3 Å². The number of carbonyl (C=O) groups is 1. The topological polar surface area (TPSA) is 79.8 Å². The summed E-state index contributed by atoms with van der Waals surface area (Å²) < 4.78 is 0. The van der Waals surface area contributed by atoms with E-state index in [4.69, 9.17) is 0 Å². The first-order valence-electron chi connectivity index (χ1n) is 7.88. The fourth-order valence-electron chi connectivity index (χ4n) is 2.15. The first kappa shape index (κ1) is 17.3. The third kappa shape index (κ3) is 5.94. The lowest BCUT2D eigenvalue weighted by Crippen LogP contribution is -2.20. The molecule has 0 aromatic carbocycles. The Morgan fingerprint density at radius 2 is 2.09 bits per heavy atom. The maximum Gasteiger partial charge on any atom is 0.234 e. The summed E-state index contributed by atoms with van der Waals surface area (Å²) in [4.78, 5) is 25.5. The van der Waals surface area contributed by atoms with Crippen LogP contribution < -0.4 is 10.6 Å². The van der Waals surface area contributed by atoms with Crippen LogP contribution in [-0.2, 0) is 11.2 Å². The van der Waals surface area contributed by atoms with Crippen LogP contribution in [0, 0.1) is 6.92 Å². The Kier molecular flexibility index (Phi) is 6.46. The van der Waals surface area contributed by atoms with Gasteiger partial charge in [-0.2, -0.15) is 15.0 Å². The number of rotatable bonds is 8. The van der Waals surface area contributed by atoms with Gasteiger partial charge in [-0.3, -0.25) is 10.1 Å². The Labute approximate surface area is 140 Å². The van der Waals surface area contributed by atoms with Crippen LogP contribution in [0.3, 0.4) is 0 Å². The molecule has 1 atom stereocenters. The van der Waals surface area contributed by atoms with E-state index < -0.39 is 0 Å². The molecule has 0 aliphatic heterocycles. The Morgan fingerprint density at radius 1 is 1.30 bits per heavy atom. The third-order valence-corrected chi connectivity index (χ3v) is 4.27. The average molecular weight is 333 g/mol. The lowest BCUT2D eigenvalue weighted by molar-refractivity contribution is -0.115. The van der Waals surface area contributed by atoms with E-state index in [0.29, 0.717) is 24.1 Å². The first-order chi connectivity index (χ1) is 11.1. The Morgan fingerprint density at radius 3 is 2.78 bits per heavy atom. The molecule has 124 valence electrons. The molecule has 0 fully saturated rings. The number of anilines is 2. The third-order valence-electron chi connectivity index (χ3n) is 3.34. The van der Waals surface area contributed by atoms with Crippen molar-refractivity contribution in [2.75, 3.05) is 10.6 Å². The summed E-state index contributed by atoms with van der Waals surface area (Å²) in [5.74, 6) is 1.29. The number of aryl methyl sites for hydroxylation is 2. The number of nitrogens with one attached hydrogen (secondary N) is 2. The smallest absolute Gasteiger partial charge is 0.234 e. The molecule has 0 radical (unpaired) electrons. The number of aromatic nitrogens is 3. The molecule has 0 saturated carbocycles. The standard InChI is InChI=1S/C16H23N5OS/c1-4-14(22)20-16-19-12(3)18-15(21-16)17-11(2)7-5-8-13-9-6-10-23-13/h6,9-11H,4-5,7-8H2,1-3H3,(H2,17,18,19,20,21,22). The minimum Gasteiger partial charge on any atom is -0.352 e. The maximum absolute atomic E-state index is 11.4. The van der Waals surface area contributed by atoms with Gasteiger partial charge in [-0.25, -0.2) is 0 Å². The maximum atomic E-state index is 11.4. The van der Waals surface area contributed by atoms with Crippen LogP contribution in [0.5, 0.6) is 0 Å². The molecule has 1 amide bonds. The lowest BCUT2D eigenvalue weighted by Gasteiger charge is -2.14. The predicted molar refractivity (Wildman–Crippen MR) is 93.8 cm³/mol. The molecule has 0 spiro atoms. The van der Waals surface area contributed by atoms with Crippen molar-refractivity contribution in [1.82, 2.24) is 15.0 Å². The van der Waals surface area contributed by atoms with Crippen LogP contribution in [0.1, 0.15) is 43.8 Å². The molecule has 2 heterocycles. The summed E-state index contributed by atoms with van der Waals surface area (Å²) in [7, 11) is 0. The van der Waals surface area contributed by atoms with E-state index >= 15 is 0 Å². The summed E-state index contributed by atoms with van der Waals surface area (Å²) in [5.41, 5.74) is 0. The van der Waals surface area contributed by atoms with Crippen molar-refractivity contribution in [3.05, 3.63) is 28.2 Å². The van der Waals surface area contributed by atoms with Crippen molar-refractivity contribution in [3.63, 3.8) is 0 Å². The molecule has 0 saturated heterocycles. The first-order valence-corrected chi connectivity index (χ1v) is 8.76. The molecule has 2 N–H and O–H groups in total. The van der Waals surface area contributed by atoms with Crippen LogP contribution >= 0.6 is 11.3 Å². The molecule has 0 aliphatic rings. The fourth-order valence-corrected chi connectivity index (χ4v) is 2.90. The molecule has 0 aliphatic carbocycles. The molecule has 0 bridgehead atoms. The minimum atomic E-state index is -0.106. The molecule has 2 rings (SSSR count). The molecule has 2 aromatic heterocycles. The molecule has 2 aromatic rings. The lowest BCUT2D eigenvalue weighted by atomic mass is 10.1. The number of carbonyl (C=O) groups excluding carboxylic acids is 1. The van der Waals surface area contributed by atoms with Crippen LogP contribution in [0.25, 0.3) is 0 Å². The van der Waals surface area contributed by atoms with Crippen molar-refractivity contribution >= 4 is 29.1 Å². The quantitative estimate of drug-likeness (QED) is 0.774. The van der Waals surface area contributed by atoms with Crippen molar-refractivity contribution < 1.29 is 4.79 Å². The van der Waals surface area contributed by atoms with Crippen molar-refractivity contribution in [2.45, 2.75) is 52.5 Å². The zero-order chi connectivity index (χ0) is 16.7. The van der Waals surface area contributed by atoms with E-state index in [1.54, 1.807) is 25.2 Å². The van der Waals surface area contributed by atoms with E-state index in [2.05, 4.69) is 50.0 Å².